The lowest BCUT2D eigenvalue weighted by Gasteiger charge is -2.10. The molecule has 0 aliphatic heterocycles. The van der Waals surface area contributed by atoms with Crippen LogP contribution in [0.3, 0.4) is 0 Å². The number of aromatic nitrogens is 3. The quantitative estimate of drug-likeness (QED) is 0.482. The third-order valence-corrected chi connectivity index (χ3v) is 4.61. The van der Waals surface area contributed by atoms with E-state index in [4.69, 9.17) is 16.4 Å². The van der Waals surface area contributed by atoms with Crippen LogP contribution in [0.1, 0.15) is 29.2 Å². The topological polar surface area (TPSA) is 61.4 Å². The normalized spacial score (nSPS) is 11.6. The highest BCUT2D eigenvalue weighted by atomic mass is 35.5. The van der Waals surface area contributed by atoms with Crippen LogP contribution >= 0.6 is 11.6 Å². The Morgan fingerprint density at radius 2 is 1.96 bits per heavy atom. The van der Waals surface area contributed by atoms with Crippen LogP contribution in [0.15, 0.2) is 58.5 Å². The van der Waals surface area contributed by atoms with Crippen molar-refractivity contribution < 1.29 is 4.84 Å². The van der Waals surface area contributed by atoms with E-state index in [1.54, 1.807) is 7.05 Å². The van der Waals surface area contributed by atoms with Crippen LogP contribution in [-0.4, -0.2) is 20.1 Å². The zero-order valence-electron chi connectivity index (χ0n) is 15.5. The van der Waals surface area contributed by atoms with Gasteiger partial charge in [-0.3, -0.25) is 4.57 Å². The predicted octanol–water partition coefficient (Wildman–Crippen LogP) is 3.53. The minimum Gasteiger partial charge on any atom is -0.391 e. The average molecular weight is 385 g/mol. The standard InChI is InChI=1S/C20H21ClN4O2/c1-14-9-10-17(15(2)23-27-13-16-7-5-4-6-8-16)11-18(14)12-25-19(21)22-24(3)20(25)26/h4-11H,12-13H2,1-3H3. The molecule has 3 aromatic rings. The highest BCUT2D eigenvalue weighted by Crippen LogP contribution is 2.15. The van der Waals surface area contributed by atoms with Gasteiger partial charge in [-0.25, -0.2) is 9.48 Å². The summed E-state index contributed by atoms with van der Waals surface area (Å²) in [6.45, 7) is 4.65. The van der Waals surface area contributed by atoms with Gasteiger partial charge in [-0.2, -0.15) is 0 Å². The first-order valence-electron chi connectivity index (χ1n) is 8.55. The second kappa shape index (κ2) is 8.22. The number of rotatable bonds is 6. The molecule has 0 aliphatic rings. The van der Waals surface area contributed by atoms with Gasteiger partial charge in [0.05, 0.1) is 12.3 Å². The molecule has 0 amide bonds. The number of hydrogen-bond donors (Lipinski definition) is 0. The molecular weight excluding hydrogens is 364 g/mol. The number of aryl methyl sites for hydroxylation is 2. The van der Waals surface area contributed by atoms with E-state index in [1.165, 1.54) is 9.25 Å². The minimum absolute atomic E-state index is 0.170. The monoisotopic (exact) mass is 384 g/mol. The molecule has 3 rings (SSSR count). The summed E-state index contributed by atoms with van der Waals surface area (Å²) in [6.07, 6.45) is 0. The van der Waals surface area contributed by atoms with Gasteiger partial charge in [-0.15, -0.1) is 5.10 Å². The molecule has 6 nitrogen and oxygen atoms in total. The average Bonchev–Trinajstić information content (AvgIpc) is 2.90. The third-order valence-electron chi connectivity index (χ3n) is 4.33. The molecule has 0 N–H and O–H groups in total. The molecule has 0 aliphatic carbocycles. The zero-order valence-corrected chi connectivity index (χ0v) is 16.3. The summed E-state index contributed by atoms with van der Waals surface area (Å²) in [7, 11) is 1.58. The largest absolute Gasteiger partial charge is 0.391 e. The molecule has 140 valence electrons. The van der Waals surface area contributed by atoms with E-state index in [1.807, 2.05) is 62.4 Å². The zero-order chi connectivity index (χ0) is 19.4. The molecular formula is C20H21ClN4O2. The second-order valence-corrected chi connectivity index (χ2v) is 6.68. The number of oxime groups is 1. The molecule has 7 heteroatoms. The number of benzene rings is 2. The maximum atomic E-state index is 12.1. The van der Waals surface area contributed by atoms with Crippen molar-refractivity contribution in [3.63, 3.8) is 0 Å². The second-order valence-electron chi connectivity index (χ2n) is 6.34. The van der Waals surface area contributed by atoms with Crippen molar-refractivity contribution in [1.29, 1.82) is 0 Å². The highest BCUT2D eigenvalue weighted by molar-refractivity contribution is 6.28. The van der Waals surface area contributed by atoms with Crippen molar-refractivity contribution in [3.05, 3.63) is 86.6 Å². The lowest BCUT2D eigenvalue weighted by molar-refractivity contribution is 0.130. The van der Waals surface area contributed by atoms with Crippen LogP contribution in [0.2, 0.25) is 5.28 Å². The Balaban J connectivity index is 1.78. The van der Waals surface area contributed by atoms with Gasteiger partial charge in [-0.05, 0) is 53.8 Å². The first kappa shape index (κ1) is 18.9. The van der Waals surface area contributed by atoms with E-state index in [-0.39, 0.29) is 11.0 Å². The maximum Gasteiger partial charge on any atom is 0.346 e. The van der Waals surface area contributed by atoms with Crippen LogP contribution in [-0.2, 0) is 25.0 Å². The Labute approximate surface area is 162 Å². The number of nitrogens with zero attached hydrogens (tertiary/aromatic N) is 4. The molecule has 0 atom stereocenters. The fourth-order valence-electron chi connectivity index (χ4n) is 2.67. The van der Waals surface area contributed by atoms with E-state index in [0.29, 0.717) is 13.2 Å². The lowest BCUT2D eigenvalue weighted by Crippen LogP contribution is -2.23. The fourth-order valence-corrected chi connectivity index (χ4v) is 2.92. The van der Waals surface area contributed by atoms with E-state index in [9.17, 15) is 4.79 Å². The van der Waals surface area contributed by atoms with Gasteiger partial charge in [0.1, 0.15) is 6.61 Å². The van der Waals surface area contributed by atoms with E-state index >= 15 is 0 Å². The van der Waals surface area contributed by atoms with E-state index in [0.717, 1.165) is 28.0 Å². The smallest absolute Gasteiger partial charge is 0.346 e. The molecule has 0 unspecified atom stereocenters. The number of halogens is 1. The van der Waals surface area contributed by atoms with Crippen molar-refractivity contribution in [3.8, 4) is 0 Å². The van der Waals surface area contributed by atoms with Crippen molar-refractivity contribution in [1.82, 2.24) is 14.3 Å². The SMILES string of the molecule is CC(=NOCc1ccccc1)c1ccc(C)c(Cn2c(Cl)nn(C)c2=O)c1. The Hall–Kier alpha value is -2.86. The molecule has 1 aromatic heterocycles. The maximum absolute atomic E-state index is 12.1. The minimum atomic E-state index is -0.249. The summed E-state index contributed by atoms with van der Waals surface area (Å²) in [5, 5.41) is 8.33. The first-order chi connectivity index (χ1) is 13.0. The summed E-state index contributed by atoms with van der Waals surface area (Å²) >= 11 is 6.07. The summed E-state index contributed by atoms with van der Waals surface area (Å²) in [5.74, 6) is 0. The molecule has 0 radical (unpaired) electrons. The number of hydrogen-bond acceptors (Lipinski definition) is 4. The molecule has 0 fully saturated rings. The molecule has 0 saturated carbocycles. The van der Waals surface area contributed by atoms with Crippen molar-refractivity contribution in [2.24, 2.45) is 12.2 Å². The van der Waals surface area contributed by atoms with Crippen LogP contribution in [0.4, 0.5) is 0 Å². The molecule has 0 bridgehead atoms. The lowest BCUT2D eigenvalue weighted by atomic mass is 10.0. The van der Waals surface area contributed by atoms with Crippen molar-refractivity contribution in [2.75, 3.05) is 0 Å². The van der Waals surface area contributed by atoms with Gasteiger partial charge in [0, 0.05) is 7.05 Å². The summed E-state index contributed by atoms with van der Waals surface area (Å²) < 4.78 is 2.66. The van der Waals surface area contributed by atoms with Crippen LogP contribution in [0.5, 0.6) is 0 Å². The molecule has 1 heterocycles. The van der Waals surface area contributed by atoms with Crippen molar-refractivity contribution >= 4 is 17.3 Å². The van der Waals surface area contributed by atoms with Crippen molar-refractivity contribution in [2.45, 2.75) is 27.0 Å². The van der Waals surface area contributed by atoms with Gasteiger partial charge < -0.3 is 4.84 Å². The Bertz CT molecular complexity index is 1020. The Kier molecular flexibility index (Phi) is 5.76. The molecule has 0 spiro atoms. The van der Waals surface area contributed by atoms with Gasteiger partial charge in [-0.1, -0.05) is 47.6 Å². The van der Waals surface area contributed by atoms with Gasteiger partial charge in [0.15, 0.2) is 0 Å². The highest BCUT2D eigenvalue weighted by Gasteiger charge is 2.11. The summed E-state index contributed by atoms with van der Waals surface area (Å²) in [4.78, 5) is 17.6. The van der Waals surface area contributed by atoms with Crippen LogP contribution in [0, 0.1) is 6.92 Å². The van der Waals surface area contributed by atoms with Gasteiger partial charge >= 0.3 is 5.69 Å². The Morgan fingerprint density at radius 3 is 2.63 bits per heavy atom. The van der Waals surface area contributed by atoms with E-state index < -0.39 is 0 Å². The fraction of sp³-hybridized carbons (Fsp3) is 0.250. The van der Waals surface area contributed by atoms with Gasteiger partial charge in [0.2, 0.25) is 5.28 Å². The Morgan fingerprint density at radius 1 is 1.22 bits per heavy atom. The summed E-state index contributed by atoms with van der Waals surface area (Å²) in [6, 6.07) is 15.9. The molecule has 0 saturated heterocycles. The third kappa shape index (κ3) is 4.46. The van der Waals surface area contributed by atoms with Crippen LogP contribution in [0.25, 0.3) is 0 Å². The van der Waals surface area contributed by atoms with Gasteiger partial charge in [0.25, 0.3) is 0 Å². The van der Waals surface area contributed by atoms with Crippen LogP contribution < -0.4 is 5.69 Å². The first-order valence-corrected chi connectivity index (χ1v) is 8.93. The summed E-state index contributed by atoms with van der Waals surface area (Å²) in [5.41, 5.74) is 4.53. The van der Waals surface area contributed by atoms with E-state index in [2.05, 4.69) is 10.3 Å². The molecule has 2 aromatic carbocycles. The predicted molar refractivity (Wildman–Crippen MR) is 106 cm³/mol. The molecule has 27 heavy (non-hydrogen) atoms.